The van der Waals surface area contributed by atoms with Crippen molar-refractivity contribution in [2.45, 2.75) is 19.8 Å². The fourth-order valence-electron chi connectivity index (χ4n) is 2.56. The molecule has 0 unspecified atom stereocenters. The minimum Gasteiger partial charge on any atom is -0.395 e. The Hall–Kier alpha value is -2.34. The SMILES string of the molecule is C=CC.O=C(NCCO)c1cnc2ccc(N3CCCC3)cn12. The molecule has 124 valence electrons. The van der Waals surface area contributed by atoms with Crippen LogP contribution in [0.15, 0.2) is 37.2 Å². The minimum atomic E-state index is -0.217. The summed E-state index contributed by atoms with van der Waals surface area (Å²) in [6, 6.07) is 3.97. The number of hydrogen-bond donors (Lipinski definition) is 2. The van der Waals surface area contributed by atoms with Crippen LogP contribution in [0.25, 0.3) is 5.65 Å². The predicted octanol–water partition coefficient (Wildman–Crippen LogP) is 1.85. The lowest BCUT2D eigenvalue weighted by molar-refractivity contribution is 0.0939. The lowest BCUT2D eigenvalue weighted by atomic mass is 10.3. The molecule has 3 heterocycles. The first-order chi connectivity index (χ1) is 11.2. The van der Waals surface area contributed by atoms with Crippen molar-refractivity contribution in [3.8, 4) is 0 Å². The van der Waals surface area contributed by atoms with Crippen LogP contribution < -0.4 is 10.2 Å². The Labute approximate surface area is 136 Å². The summed E-state index contributed by atoms with van der Waals surface area (Å²) in [5, 5.41) is 11.4. The molecule has 0 spiro atoms. The minimum absolute atomic E-state index is 0.0680. The normalized spacial score (nSPS) is 13.6. The van der Waals surface area contributed by atoms with Crippen molar-refractivity contribution in [1.29, 1.82) is 0 Å². The highest BCUT2D eigenvalue weighted by molar-refractivity contribution is 5.93. The monoisotopic (exact) mass is 316 g/mol. The molecule has 6 nitrogen and oxygen atoms in total. The number of carbonyl (C=O) groups is 1. The van der Waals surface area contributed by atoms with Gasteiger partial charge in [0.1, 0.15) is 11.3 Å². The number of aliphatic hydroxyl groups excluding tert-OH is 1. The highest BCUT2D eigenvalue weighted by atomic mass is 16.3. The topological polar surface area (TPSA) is 69.9 Å². The Bertz CT molecular complexity index is 660. The van der Waals surface area contributed by atoms with E-state index in [0.29, 0.717) is 5.69 Å². The third kappa shape index (κ3) is 4.10. The maximum absolute atomic E-state index is 12.0. The molecular formula is C17H24N4O2. The van der Waals surface area contributed by atoms with Gasteiger partial charge < -0.3 is 15.3 Å². The zero-order valence-electron chi connectivity index (χ0n) is 13.5. The molecule has 0 radical (unpaired) electrons. The summed E-state index contributed by atoms with van der Waals surface area (Å²) in [5.74, 6) is -0.217. The second kappa shape index (κ2) is 8.33. The molecule has 1 aliphatic rings. The van der Waals surface area contributed by atoms with Gasteiger partial charge in [0.05, 0.1) is 18.5 Å². The van der Waals surface area contributed by atoms with Crippen LogP contribution in [0.5, 0.6) is 0 Å². The number of aliphatic hydroxyl groups is 1. The zero-order valence-corrected chi connectivity index (χ0v) is 13.5. The summed E-state index contributed by atoms with van der Waals surface area (Å²) < 4.78 is 1.81. The van der Waals surface area contributed by atoms with E-state index < -0.39 is 0 Å². The number of hydrogen-bond acceptors (Lipinski definition) is 4. The molecule has 2 aromatic heterocycles. The van der Waals surface area contributed by atoms with Crippen molar-refractivity contribution < 1.29 is 9.90 Å². The smallest absolute Gasteiger partial charge is 0.270 e. The average molecular weight is 316 g/mol. The Balaban J connectivity index is 0.000000595. The van der Waals surface area contributed by atoms with Gasteiger partial charge in [-0.15, -0.1) is 6.58 Å². The molecule has 0 atom stereocenters. The van der Waals surface area contributed by atoms with E-state index >= 15 is 0 Å². The van der Waals surface area contributed by atoms with Crippen LogP contribution in [0.1, 0.15) is 30.3 Å². The van der Waals surface area contributed by atoms with Crippen LogP contribution >= 0.6 is 0 Å². The molecule has 0 saturated carbocycles. The lowest BCUT2D eigenvalue weighted by Crippen LogP contribution is -2.27. The third-order valence-electron chi connectivity index (χ3n) is 3.59. The van der Waals surface area contributed by atoms with Gasteiger partial charge in [0.25, 0.3) is 5.91 Å². The number of imidazole rings is 1. The molecule has 0 bridgehead atoms. The van der Waals surface area contributed by atoms with E-state index in [1.54, 1.807) is 16.7 Å². The first-order valence-corrected chi connectivity index (χ1v) is 7.89. The Morgan fingerprint density at radius 2 is 2.13 bits per heavy atom. The van der Waals surface area contributed by atoms with E-state index in [-0.39, 0.29) is 19.1 Å². The predicted molar refractivity (Wildman–Crippen MR) is 91.9 cm³/mol. The largest absolute Gasteiger partial charge is 0.395 e. The molecular weight excluding hydrogens is 292 g/mol. The summed E-state index contributed by atoms with van der Waals surface area (Å²) in [7, 11) is 0. The van der Waals surface area contributed by atoms with Crippen LogP contribution in [0, 0.1) is 0 Å². The van der Waals surface area contributed by atoms with Gasteiger partial charge in [-0.2, -0.15) is 0 Å². The molecule has 6 heteroatoms. The Morgan fingerprint density at radius 1 is 1.43 bits per heavy atom. The number of pyridine rings is 1. The van der Waals surface area contributed by atoms with Crippen molar-refractivity contribution in [3.05, 3.63) is 42.9 Å². The number of nitrogens with zero attached hydrogens (tertiary/aromatic N) is 3. The summed E-state index contributed by atoms with van der Waals surface area (Å²) in [5.41, 5.74) is 2.36. The van der Waals surface area contributed by atoms with Crippen molar-refractivity contribution in [1.82, 2.24) is 14.7 Å². The van der Waals surface area contributed by atoms with Crippen molar-refractivity contribution in [3.63, 3.8) is 0 Å². The van der Waals surface area contributed by atoms with Crippen molar-refractivity contribution in [2.24, 2.45) is 0 Å². The van der Waals surface area contributed by atoms with Crippen LogP contribution in [-0.2, 0) is 0 Å². The Kier molecular flexibility index (Phi) is 6.17. The fourth-order valence-corrected chi connectivity index (χ4v) is 2.56. The molecule has 0 aromatic carbocycles. The van der Waals surface area contributed by atoms with E-state index in [0.717, 1.165) is 24.4 Å². The van der Waals surface area contributed by atoms with Gasteiger partial charge >= 0.3 is 0 Å². The second-order valence-electron chi connectivity index (χ2n) is 5.34. The van der Waals surface area contributed by atoms with E-state index in [4.69, 9.17) is 5.11 Å². The number of nitrogens with one attached hydrogen (secondary N) is 1. The molecule has 1 fully saturated rings. The van der Waals surface area contributed by atoms with E-state index in [1.165, 1.54) is 12.8 Å². The van der Waals surface area contributed by atoms with Gasteiger partial charge in [-0.25, -0.2) is 4.98 Å². The maximum Gasteiger partial charge on any atom is 0.270 e. The highest BCUT2D eigenvalue weighted by Crippen LogP contribution is 2.21. The number of amides is 1. The molecule has 0 aliphatic carbocycles. The van der Waals surface area contributed by atoms with Crippen LogP contribution in [0.4, 0.5) is 5.69 Å². The second-order valence-corrected chi connectivity index (χ2v) is 5.34. The van der Waals surface area contributed by atoms with Gasteiger partial charge in [0, 0.05) is 25.8 Å². The fraction of sp³-hybridized carbons (Fsp3) is 0.412. The maximum atomic E-state index is 12.0. The van der Waals surface area contributed by atoms with Gasteiger partial charge in [0.2, 0.25) is 0 Å². The Morgan fingerprint density at radius 3 is 2.78 bits per heavy atom. The van der Waals surface area contributed by atoms with E-state index in [2.05, 4.69) is 21.8 Å². The lowest BCUT2D eigenvalue weighted by Gasteiger charge is -2.17. The summed E-state index contributed by atoms with van der Waals surface area (Å²) in [6.45, 7) is 7.55. The van der Waals surface area contributed by atoms with Gasteiger partial charge in [-0.05, 0) is 31.9 Å². The zero-order chi connectivity index (χ0) is 16.7. The standard InChI is InChI=1S/C14H18N4O2.C3H6/c19-8-5-15-14(20)12-9-16-13-4-3-11(10-18(12)13)17-6-1-2-7-17;1-3-2/h3-4,9-10,19H,1-2,5-8H2,(H,15,20);3H,1H2,2H3. The van der Waals surface area contributed by atoms with Crippen molar-refractivity contribution in [2.75, 3.05) is 31.1 Å². The van der Waals surface area contributed by atoms with Crippen LogP contribution in [-0.4, -0.2) is 46.6 Å². The number of fused-ring (bicyclic) bond motifs is 1. The number of carbonyl (C=O) groups excluding carboxylic acids is 1. The summed E-state index contributed by atoms with van der Waals surface area (Å²) >= 11 is 0. The van der Waals surface area contributed by atoms with Crippen LogP contribution in [0.3, 0.4) is 0 Å². The molecule has 3 rings (SSSR count). The summed E-state index contributed by atoms with van der Waals surface area (Å²) in [6.07, 6.45) is 7.70. The van der Waals surface area contributed by atoms with Crippen molar-refractivity contribution >= 4 is 17.2 Å². The number of allylic oxidation sites excluding steroid dienone is 1. The third-order valence-corrected chi connectivity index (χ3v) is 3.59. The molecule has 23 heavy (non-hydrogen) atoms. The number of rotatable bonds is 4. The molecule has 2 N–H and O–H groups in total. The van der Waals surface area contributed by atoms with Crippen LogP contribution in [0.2, 0.25) is 0 Å². The highest BCUT2D eigenvalue weighted by Gasteiger charge is 2.15. The number of anilines is 1. The molecule has 1 aliphatic heterocycles. The number of aromatic nitrogens is 2. The van der Waals surface area contributed by atoms with E-state index in [1.807, 2.05) is 25.3 Å². The van der Waals surface area contributed by atoms with Gasteiger partial charge in [-0.1, -0.05) is 6.08 Å². The van der Waals surface area contributed by atoms with Gasteiger partial charge in [-0.3, -0.25) is 9.20 Å². The molecule has 2 aromatic rings. The first-order valence-electron chi connectivity index (χ1n) is 7.89. The molecule has 1 saturated heterocycles. The summed E-state index contributed by atoms with van der Waals surface area (Å²) in [4.78, 5) is 18.6. The first kappa shape index (κ1) is 17.0. The quantitative estimate of drug-likeness (QED) is 0.845. The van der Waals surface area contributed by atoms with E-state index in [9.17, 15) is 4.79 Å². The average Bonchev–Trinajstić information content (AvgIpc) is 3.22. The van der Waals surface area contributed by atoms with Gasteiger partial charge in [0.15, 0.2) is 0 Å². The molecule has 1 amide bonds.